The highest BCUT2D eigenvalue weighted by molar-refractivity contribution is 6.30. The molecule has 4 atom stereocenters. The van der Waals surface area contributed by atoms with Crippen molar-refractivity contribution in [2.45, 2.75) is 39.0 Å². The summed E-state index contributed by atoms with van der Waals surface area (Å²) in [5.41, 5.74) is 3.38. The van der Waals surface area contributed by atoms with Gasteiger partial charge in [0.15, 0.2) is 6.10 Å². The molecule has 2 fully saturated rings. The second-order valence-electron chi connectivity index (χ2n) is 10.5. The van der Waals surface area contributed by atoms with E-state index in [0.717, 1.165) is 59.9 Å². The molecule has 1 saturated heterocycles. The Morgan fingerprint density at radius 3 is 2.41 bits per heavy atom. The Morgan fingerprint density at radius 2 is 1.72 bits per heavy atom. The number of hydrogen-bond acceptors (Lipinski definition) is 6. The zero-order chi connectivity index (χ0) is 27.2. The number of nitrogens with one attached hydrogen (secondary N) is 1. The number of benzene rings is 3. The molecule has 39 heavy (non-hydrogen) atoms. The standard InChI is InChI=1S/C32H37ClN2O4/c1-3-37-32(36)30(39-27-6-4-5-22(2)17-27)18-23-9-13-26(14-10-23)38-16-15-34-31-28-20-35(21-29(28)31)19-24-7-11-25(33)12-8-24/h4-14,17,28-31,34H,3,15-16,18-21H2,1-2H3/t28-,29?,30-,31+/m0/s1. The topological polar surface area (TPSA) is 60.0 Å². The monoisotopic (exact) mass is 548 g/mol. The normalized spacial score (nSPS) is 20.7. The predicted molar refractivity (Wildman–Crippen MR) is 153 cm³/mol. The summed E-state index contributed by atoms with van der Waals surface area (Å²) in [5.74, 6) is 2.60. The summed E-state index contributed by atoms with van der Waals surface area (Å²) >= 11 is 6.00. The van der Waals surface area contributed by atoms with E-state index in [1.165, 1.54) is 5.56 Å². The summed E-state index contributed by atoms with van der Waals surface area (Å²) in [7, 11) is 0. The Hall–Kier alpha value is -3.06. The van der Waals surface area contributed by atoms with Gasteiger partial charge in [-0.05, 0) is 78.8 Å². The fourth-order valence-corrected chi connectivity index (χ4v) is 5.61. The number of aryl methyl sites for hydroxylation is 1. The van der Waals surface area contributed by atoms with Gasteiger partial charge in [0.2, 0.25) is 0 Å². The lowest BCUT2D eigenvalue weighted by Gasteiger charge is -2.20. The lowest BCUT2D eigenvalue weighted by molar-refractivity contribution is -0.151. The number of piperidine rings is 1. The van der Waals surface area contributed by atoms with Crippen molar-refractivity contribution in [3.05, 3.63) is 94.5 Å². The van der Waals surface area contributed by atoms with Gasteiger partial charge in [-0.3, -0.25) is 4.90 Å². The average molecular weight is 549 g/mol. The lowest BCUT2D eigenvalue weighted by atomic mass is 10.1. The molecule has 1 aliphatic heterocycles. The van der Waals surface area contributed by atoms with Crippen molar-refractivity contribution in [1.82, 2.24) is 10.2 Å². The second kappa shape index (κ2) is 12.9. The molecule has 1 unspecified atom stereocenters. The number of nitrogens with zero attached hydrogens (tertiary/aromatic N) is 1. The van der Waals surface area contributed by atoms with Crippen LogP contribution in [0.25, 0.3) is 0 Å². The van der Waals surface area contributed by atoms with Crippen molar-refractivity contribution < 1.29 is 19.0 Å². The van der Waals surface area contributed by atoms with E-state index in [1.807, 2.05) is 67.6 Å². The van der Waals surface area contributed by atoms with Crippen molar-refractivity contribution in [3.63, 3.8) is 0 Å². The van der Waals surface area contributed by atoms with E-state index in [-0.39, 0.29) is 5.97 Å². The van der Waals surface area contributed by atoms with E-state index in [0.29, 0.717) is 31.4 Å². The highest BCUT2D eigenvalue weighted by atomic mass is 35.5. The smallest absolute Gasteiger partial charge is 0.347 e. The van der Waals surface area contributed by atoms with E-state index in [2.05, 4.69) is 22.3 Å². The molecule has 0 radical (unpaired) electrons. The van der Waals surface area contributed by atoms with Gasteiger partial charge in [0.25, 0.3) is 0 Å². The summed E-state index contributed by atoms with van der Waals surface area (Å²) in [6.45, 7) is 8.84. The molecule has 1 saturated carbocycles. The number of carbonyl (C=O) groups is 1. The molecule has 7 heteroatoms. The summed E-state index contributed by atoms with van der Waals surface area (Å²) in [6, 6.07) is 24.3. The van der Waals surface area contributed by atoms with Gasteiger partial charge in [-0.25, -0.2) is 4.79 Å². The fourth-order valence-electron chi connectivity index (χ4n) is 5.49. The average Bonchev–Trinajstić information content (AvgIpc) is 3.38. The Labute approximate surface area is 236 Å². The van der Waals surface area contributed by atoms with Crippen molar-refractivity contribution in [3.8, 4) is 11.5 Å². The molecule has 0 amide bonds. The highest BCUT2D eigenvalue weighted by Crippen LogP contribution is 2.45. The third-order valence-corrected chi connectivity index (χ3v) is 7.75. The van der Waals surface area contributed by atoms with Gasteiger partial charge >= 0.3 is 5.97 Å². The van der Waals surface area contributed by atoms with Gasteiger partial charge in [-0.2, -0.15) is 0 Å². The highest BCUT2D eigenvalue weighted by Gasteiger charge is 2.55. The van der Waals surface area contributed by atoms with Crippen LogP contribution < -0.4 is 14.8 Å². The number of likely N-dealkylation sites (tertiary alicyclic amines) is 1. The maximum Gasteiger partial charge on any atom is 0.347 e. The quantitative estimate of drug-likeness (QED) is 0.231. The number of hydrogen-bond donors (Lipinski definition) is 1. The van der Waals surface area contributed by atoms with E-state index in [4.69, 9.17) is 25.8 Å². The summed E-state index contributed by atoms with van der Waals surface area (Å²) in [6.07, 6.45) is -0.281. The number of halogens is 1. The molecule has 5 rings (SSSR count). The fraction of sp³-hybridized carbons (Fsp3) is 0.406. The van der Waals surface area contributed by atoms with Crippen LogP contribution in [-0.4, -0.2) is 55.9 Å². The first-order valence-electron chi connectivity index (χ1n) is 13.8. The number of esters is 1. The Kier molecular flexibility index (Phi) is 9.07. The van der Waals surface area contributed by atoms with Gasteiger partial charge in [-0.15, -0.1) is 0 Å². The first kappa shape index (κ1) is 27.5. The first-order chi connectivity index (χ1) is 19.0. The third kappa shape index (κ3) is 7.53. The third-order valence-electron chi connectivity index (χ3n) is 7.50. The van der Waals surface area contributed by atoms with Crippen LogP contribution in [-0.2, 0) is 22.5 Å². The van der Waals surface area contributed by atoms with Crippen LogP contribution in [0.4, 0.5) is 0 Å². The number of rotatable bonds is 13. The van der Waals surface area contributed by atoms with Crippen LogP contribution in [0.3, 0.4) is 0 Å². The Balaban J connectivity index is 1.02. The van der Waals surface area contributed by atoms with Crippen molar-refractivity contribution in [2.24, 2.45) is 11.8 Å². The van der Waals surface area contributed by atoms with Gasteiger partial charge in [0.1, 0.15) is 18.1 Å². The van der Waals surface area contributed by atoms with Crippen LogP contribution >= 0.6 is 11.6 Å². The summed E-state index contributed by atoms with van der Waals surface area (Å²) < 4.78 is 17.2. The van der Waals surface area contributed by atoms with Gasteiger partial charge in [0, 0.05) is 43.7 Å². The minimum Gasteiger partial charge on any atom is -0.492 e. The number of ether oxygens (including phenoxy) is 3. The maximum absolute atomic E-state index is 12.5. The van der Waals surface area contributed by atoms with Crippen LogP contribution in [0.2, 0.25) is 5.02 Å². The SMILES string of the molecule is CCOC(=O)[C@H](Cc1ccc(OCCN[C@H]2C3CN(Cc4ccc(Cl)cc4)C[C@@H]32)cc1)Oc1cccc(C)c1. The second-order valence-corrected chi connectivity index (χ2v) is 10.9. The van der Waals surface area contributed by atoms with E-state index < -0.39 is 6.10 Å². The van der Waals surface area contributed by atoms with E-state index in [1.54, 1.807) is 6.92 Å². The molecule has 0 spiro atoms. The summed E-state index contributed by atoms with van der Waals surface area (Å²) in [4.78, 5) is 15.1. The Bertz CT molecular complexity index is 1220. The zero-order valence-corrected chi connectivity index (χ0v) is 23.4. The molecule has 1 heterocycles. The minimum absolute atomic E-state index is 0.317. The molecule has 3 aromatic rings. The van der Waals surface area contributed by atoms with Crippen LogP contribution in [0.15, 0.2) is 72.8 Å². The molecule has 0 aromatic heterocycles. The predicted octanol–water partition coefficient (Wildman–Crippen LogP) is 5.30. The molecule has 0 bridgehead atoms. The largest absolute Gasteiger partial charge is 0.492 e. The molecule has 3 aromatic carbocycles. The number of fused-ring (bicyclic) bond motifs is 1. The van der Waals surface area contributed by atoms with E-state index >= 15 is 0 Å². The molecular weight excluding hydrogens is 512 g/mol. The Morgan fingerprint density at radius 1 is 1.00 bits per heavy atom. The first-order valence-corrected chi connectivity index (χ1v) is 14.2. The van der Waals surface area contributed by atoms with Gasteiger partial charge in [0.05, 0.1) is 6.61 Å². The van der Waals surface area contributed by atoms with E-state index in [9.17, 15) is 4.79 Å². The lowest BCUT2D eigenvalue weighted by Crippen LogP contribution is -2.33. The van der Waals surface area contributed by atoms with Crippen LogP contribution in [0, 0.1) is 18.8 Å². The minimum atomic E-state index is -0.706. The molecule has 1 N–H and O–H groups in total. The van der Waals surface area contributed by atoms with Gasteiger partial charge < -0.3 is 19.5 Å². The molecule has 1 aliphatic carbocycles. The van der Waals surface area contributed by atoms with Crippen LogP contribution in [0.5, 0.6) is 11.5 Å². The molecule has 206 valence electrons. The van der Waals surface area contributed by atoms with Crippen molar-refractivity contribution in [1.29, 1.82) is 0 Å². The molecule has 2 aliphatic rings. The van der Waals surface area contributed by atoms with Gasteiger partial charge in [-0.1, -0.05) is 48.0 Å². The summed E-state index contributed by atoms with van der Waals surface area (Å²) in [5, 5.41) is 4.46. The molecular formula is C32H37ClN2O4. The van der Waals surface area contributed by atoms with Crippen molar-refractivity contribution in [2.75, 3.05) is 32.8 Å². The van der Waals surface area contributed by atoms with Crippen molar-refractivity contribution >= 4 is 17.6 Å². The maximum atomic E-state index is 12.5. The van der Waals surface area contributed by atoms with Crippen LogP contribution in [0.1, 0.15) is 23.6 Å². The molecule has 6 nitrogen and oxygen atoms in total. The number of carbonyl (C=O) groups excluding carboxylic acids is 1. The zero-order valence-electron chi connectivity index (χ0n) is 22.6.